The van der Waals surface area contributed by atoms with Gasteiger partial charge in [-0.2, -0.15) is 0 Å². The molecule has 1 saturated heterocycles. The minimum Gasteiger partial charge on any atom is -0.456 e. The lowest BCUT2D eigenvalue weighted by atomic mass is 9.82. The average Bonchev–Trinajstić information content (AvgIpc) is 2.85. The fourth-order valence-corrected chi connectivity index (χ4v) is 4.12. The Labute approximate surface area is 208 Å². The van der Waals surface area contributed by atoms with Crippen molar-refractivity contribution >= 4 is 5.97 Å². The van der Waals surface area contributed by atoms with Crippen molar-refractivity contribution in [1.29, 1.82) is 0 Å². The average molecular weight is 523 g/mol. The van der Waals surface area contributed by atoms with Crippen LogP contribution in [0.2, 0.25) is 0 Å². The smallest absolute Gasteiger partial charge is 0.314 e. The molecule has 1 aliphatic heterocycles. The topological polar surface area (TPSA) is 227 Å². The maximum Gasteiger partial charge on any atom is 0.314 e. The van der Waals surface area contributed by atoms with Gasteiger partial charge in [0.15, 0.2) is 12.4 Å². The van der Waals surface area contributed by atoms with Gasteiger partial charge in [0.2, 0.25) is 0 Å². The molecule has 2 rings (SSSR count). The van der Waals surface area contributed by atoms with Crippen molar-refractivity contribution in [2.45, 2.75) is 101 Å². The first-order valence-electron chi connectivity index (χ1n) is 11.6. The monoisotopic (exact) mass is 522 g/mol. The molecule has 0 amide bonds. The highest BCUT2D eigenvalue weighted by atomic mass is 16.7. The third kappa shape index (κ3) is 6.14. The number of rotatable bonds is 8. The van der Waals surface area contributed by atoms with E-state index in [4.69, 9.17) is 14.2 Å². The third-order valence-electron chi connectivity index (χ3n) is 6.62. The Bertz CT molecular complexity index is 781. The van der Waals surface area contributed by atoms with Crippen molar-refractivity contribution in [3.63, 3.8) is 0 Å². The van der Waals surface area contributed by atoms with Gasteiger partial charge in [0.05, 0.1) is 18.1 Å². The maximum absolute atomic E-state index is 12.9. The predicted octanol–water partition coefficient (Wildman–Crippen LogP) is -3.55. The number of hydrogen-bond acceptors (Lipinski definition) is 13. The maximum atomic E-state index is 12.9. The zero-order valence-corrected chi connectivity index (χ0v) is 20.5. The predicted molar refractivity (Wildman–Crippen MR) is 121 cm³/mol. The second-order valence-corrected chi connectivity index (χ2v) is 9.69. The van der Waals surface area contributed by atoms with E-state index in [9.17, 15) is 50.8 Å². The molecular formula is C23H38O13. The normalized spacial score (nSPS) is 41.4. The molecule has 1 heterocycles. The van der Waals surface area contributed by atoms with Crippen molar-refractivity contribution in [2.75, 3.05) is 6.61 Å². The van der Waals surface area contributed by atoms with Crippen molar-refractivity contribution in [1.82, 2.24) is 0 Å². The highest BCUT2D eigenvalue weighted by Crippen LogP contribution is 2.33. The molecule has 0 aromatic carbocycles. The van der Waals surface area contributed by atoms with Crippen LogP contribution in [0.1, 0.15) is 27.7 Å². The number of aliphatic hydroxyl groups is 9. The summed E-state index contributed by atoms with van der Waals surface area (Å²) >= 11 is 0. The zero-order valence-electron chi connectivity index (χ0n) is 20.5. The summed E-state index contributed by atoms with van der Waals surface area (Å²) in [5.74, 6) is -0.959. The first-order chi connectivity index (χ1) is 16.7. The quantitative estimate of drug-likeness (QED) is 0.111. The number of carbonyl (C=O) groups excluding carboxylic acids is 1. The van der Waals surface area contributed by atoms with Gasteiger partial charge in [-0.05, 0) is 33.3 Å². The minimum absolute atomic E-state index is 0.460. The molecule has 0 aromatic heterocycles. The highest BCUT2D eigenvalue weighted by molar-refractivity contribution is 5.77. The lowest BCUT2D eigenvalue weighted by Gasteiger charge is -2.46. The molecule has 0 spiro atoms. The van der Waals surface area contributed by atoms with Crippen molar-refractivity contribution < 1.29 is 65.0 Å². The van der Waals surface area contributed by atoms with E-state index in [1.807, 2.05) is 0 Å². The van der Waals surface area contributed by atoms with Crippen molar-refractivity contribution in [3.8, 4) is 0 Å². The fraction of sp³-hybridized carbons (Fsp3) is 0.783. The van der Waals surface area contributed by atoms with Crippen LogP contribution in [0.25, 0.3) is 0 Å². The van der Waals surface area contributed by atoms with Gasteiger partial charge in [0, 0.05) is 0 Å². The van der Waals surface area contributed by atoms with Crippen LogP contribution in [0.4, 0.5) is 0 Å². The first kappa shape index (κ1) is 30.7. The minimum atomic E-state index is -1.93. The standard InChI is InChI=1S/C23H38O13/c1-5-6-7-9(2)20(32)23(3,4)22(33)36-18-10(8-24)34-21(17(31)16(18)30)35-19-14(28)12(26)11(25)13(27)15(19)29/h5-7,10-21,24-32H,8H2,1-4H3/b6-5+,9-7+/t10-,11?,12-,13+,14-,15+,16-,17+,18-,19?,20+,21+/m0/s1. The Balaban J connectivity index is 2.17. The Morgan fingerprint density at radius 2 is 1.42 bits per heavy atom. The Kier molecular flexibility index (Phi) is 10.6. The number of esters is 1. The first-order valence-corrected chi connectivity index (χ1v) is 11.6. The number of hydrogen-bond donors (Lipinski definition) is 9. The van der Waals surface area contributed by atoms with Crippen LogP contribution in [-0.2, 0) is 19.0 Å². The lowest BCUT2D eigenvalue weighted by molar-refractivity contribution is -0.340. The van der Waals surface area contributed by atoms with Crippen LogP contribution in [0.15, 0.2) is 23.8 Å². The van der Waals surface area contributed by atoms with Crippen LogP contribution in [0.5, 0.6) is 0 Å². The van der Waals surface area contributed by atoms with E-state index in [1.54, 1.807) is 32.1 Å². The molecule has 2 aliphatic rings. The van der Waals surface area contributed by atoms with E-state index in [0.717, 1.165) is 0 Å². The summed E-state index contributed by atoms with van der Waals surface area (Å²) in [6.45, 7) is 5.40. The molecular weight excluding hydrogens is 484 g/mol. The Morgan fingerprint density at radius 3 is 1.92 bits per heavy atom. The molecule has 0 aromatic rings. The van der Waals surface area contributed by atoms with Crippen LogP contribution < -0.4 is 0 Å². The lowest BCUT2D eigenvalue weighted by Crippen LogP contribution is -2.67. The van der Waals surface area contributed by atoms with Crippen LogP contribution >= 0.6 is 0 Å². The largest absolute Gasteiger partial charge is 0.456 e. The third-order valence-corrected chi connectivity index (χ3v) is 6.62. The SMILES string of the molecule is C/C=C/C=C(\C)[C@@H](O)C(C)(C)C(=O)O[C@@H]1[C@@H](O)[C@@H](O)[C@@H](OC2[C@@H](O)[C@@H](O)C(O)[C@@H](O)[C@H]2O)O[C@H]1CO. The molecule has 12 atom stereocenters. The van der Waals surface area contributed by atoms with Gasteiger partial charge in [-0.25, -0.2) is 0 Å². The highest BCUT2D eigenvalue weighted by Gasteiger charge is 2.54. The van der Waals surface area contributed by atoms with Gasteiger partial charge in [-0.1, -0.05) is 18.2 Å². The number of aliphatic hydroxyl groups excluding tert-OH is 9. The number of carbonyl (C=O) groups is 1. The van der Waals surface area contributed by atoms with Gasteiger partial charge in [0.25, 0.3) is 0 Å². The molecule has 1 aliphatic carbocycles. The molecule has 13 nitrogen and oxygen atoms in total. The summed E-state index contributed by atoms with van der Waals surface area (Å²) in [4.78, 5) is 12.9. The molecule has 1 saturated carbocycles. The number of ether oxygens (including phenoxy) is 3. The van der Waals surface area contributed by atoms with Crippen LogP contribution in [-0.4, -0.2) is 132 Å². The second-order valence-electron chi connectivity index (χ2n) is 9.69. The molecule has 9 N–H and O–H groups in total. The van der Waals surface area contributed by atoms with Crippen molar-refractivity contribution in [3.05, 3.63) is 23.8 Å². The van der Waals surface area contributed by atoms with E-state index >= 15 is 0 Å². The summed E-state index contributed by atoms with van der Waals surface area (Å²) in [6, 6.07) is 0. The van der Waals surface area contributed by atoms with Crippen molar-refractivity contribution in [2.24, 2.45) is 5.41 Å². The van der Waals surface area contributed by atoms with Crippen LogP contribution in [0, 0.1) is 5.41 Å². The summed E-state index contributed by atoms with van der Waals surface area (Å²) in [5, 5.41) is 91.3. The fourth-order valence-electron chi connectivity index (χ4n) is 4.12. The Hall–Kier alpha value is -1.49. The molecule has 2 fully saturated rings. The summed E-state index contributed by atoms with van der Waals surface area (Å²) in [7, 11) is 0. The Morgan fingerprint density at radius 1 is 0.917 bits per heavy atom. The van der Waals surface area contributed by atoms with Gasteiger partial charge in [-0.3, -0.25) is 4.79 Å². The molecule has 208 valence electrons. The molecule has 0 radical (unpaired) electrons. The number of allylic oxidation sites excluding steroid dienone is 3. The van der Waals surface area contributed by atoms with E-state index in [2.05, 4.69) is 0 Å². The second kappa shape index (κ2) is 12.4. The zero-order chi connectivity index (χ0) is 27.5. The van der Waals surface area contributed by atoms with Gasteiger partial charge < -0.3 is 60.2 Å². The van der Waals surface area contributed by atoms with Crippen LogP contribution in [0.3, 0.4) is 0 Å². The van der Waals surface area contributed by atoms with Gasteiger partial charge in [0.1, 0.15) is 54.9 Å². The molecule has 0 bridgehead atoms. The molecule has 36 heavy (non-hydrogen) atoms. The molecule has 2 unspecified atom stereocenters. The summed E-state index contributed by atoms with van der Waals surface area (Å²) in [6.07, 6.45) is -16.1. The summed E-state index contributed by atoms with van der Waals surface area (Å²) < 4.78 is 16.1. The van der Waals surface area contributed by atoms with E-state index in [1.165, 1.54) is 13.8 Å². The van der Waals surface area contributed by atoms with E-state index < -0.39 is 91.4 Å². The van der Waals surface area contributed by atoms with Gasteiger partial charge >= 0.3 is 5.97 Å². The molecule has 13 heteroatoms. The van der Waals surface area contributed by atoms with E-state index in [-0.39, 0.29) is 0 Å². The van der Waals surface area contributed by atoms with E-state index in [0.29, 0.717) is 5.57 Å². The van der Waals surface area contributed by atoms with Gasteiger partial charge in [-0.15, -0.1) is 0 Å². The summed E-state index contributed by atoms with van der Waals surface area (Å²) in [5.41, 5.74) is -1.04.